The van der Waals surface area contributed by atoms with Gasteiger partial charge in [0.05, 0.1) is 5.57 Å². The number of Topliss-reactive ketones (excluding diaryl/α,β-unsaturated/α-hetero) is 1. The van der Waals surface area contributed by atoms with E-state index < -0.39 is 0 Å². The minimum atomic E-state index is -0.242. The number of rotatable bonds is 6. The first-order valence-corrected chi connectivity index (χ1v) is 9.54. The monoisotopic (exact) mass is 442 g/mol. The third-order valence-electron chi connectivity index (χ3n) is 3.79. The molecule has 0 aliphatic heterocycles. The van der Waals surface area contributed by atoms with Crippen LogP contribution in [0.5, 0.6) is 0 Å². The smallest absolute Gasteiger partial charge is 0.310 e. The third-order valence-corrected chi connectivity index (χ3v) is 4.94. The van der Waals surface area contributed by atoms with Crippen LogP contribution in [0.15, 0.2) is 32.9 Å². The lowest BCUT2D eigenvalue weighted by molar-refractivity contribution is -0.139. The third kappa shape index (κ3) is 5.01. The molecule has 0 atom stereocenters. The van der Waals surface area contributed by atoms with Crippen LogP contribution in [0.4, 0.5) is 0 Å². The zero-order valence-corrected chi connectivity index (χ0v) is 16.3. The minimum absolute atomic E-state index is 0.0376. The Balaban J connectivity index is 2.27. The van der Waals surface area contributed by atoms with Gasteiger partial charge in [-0.05, 0) is 25.0 Å². The van der Waals surface area contributed by atoms with Crippen LogP contribution < -0.4 is 0 Å². The Morgan fingerprint density at radius 2 is 2.00 bits per heavy atom. The van der Waals surface area contributed by atoms with E-state index in [1.807, 2.05) is 18.2 Å². The van der Waals surface area contributed by atoms with Crippen molar-refractivity contribution in [2.75, 3.05) is 0 Å². The molecule has 0 aromatic heterocycles. The predicted octanol–water partition coefficient (Wildman–Crippen LogP) is 5.80. The Hall–Kier alpha value is -0.940. The number of halogens is 2. The molecule has 0 bridgehead atoms. The second kappa shape index (κ2) is 8.78. The molecule has 1 aliphatic rings. The zero-order valence-electron chi connectivity index (χ0n) is 13.2. The van der Waals surface area contributed by atoms with E-state index in [9.17, 15) is 9.59 Å². The number of benzene rings is 1. The van der Waals surface area contributed by atoms with Gasteiger partial charge in [0, 0.05) is 33.8 Å². The fourth-order valence-corrected chi connectivity index (χ4v) is 3.86. The Morgan fingerprint density at radius 1 is 1.22 bits per heavy atom. The molecule has 3 nitrogen and oxygen atoms in total. The number of esters is 1. The number of allylic oxidation sites excluding steroid dienone is 2. The van der Waals surface area contributed by atoms with Gasteiger partial charge in [0.2, 0.25) is 0 Å². The van der Waals surface area contributed by atoms with E-state index in [4.69, 9.17) is 4.74 Å². The fourth-order valence-electron chi connectivity index (χ4n) is 2.62. The van der Waals surface area contributed by atoms with Crippen molar-refractivity contribution in [3.8, 4) is 0 Å². The Kier molecular flexibility index (Phi) is 7.03. The van der Waals surface area contributed by atoms with Gasteiger partial charge in [0.25, 0.3) is 0 Å². The van der Waals surface area contributed by atoms with Crippen LogP contribution in [0.25, 0.3) is 5.57 Å². The molecule has 1 aromatic rings. The molecule has 0 heterocycles. The Bertz CT molecular complexity index is 635. The lowest BCUT2D eigenvalue weighted by atomic mass is 9.91. The first kappa shape index (κ1) is 18.4. The summed E-state index contributed by atoms with van der Waals surface area (Å²) in [5.41, 5.74) is 1.33. The van der Waals surface area contributed by atoms with Crippen molar-refractivity contribution in [3.63, 3.8) is 0 Å². The van der Waals surface area contributed by atoms with Crippen molar-refractivity contribution in [2.24, 2.45) is 0 Å². The summed E-state index contributed by atoms with van der Waals surface area (Å²) in [6.45, 7) is 2.09. The molecular weight excluding hydrogens is 424 g/mol. The van der Waals surface area contributed by atoms with Crippen LogP contribution in [-0.2, 0) is 14.3 Å². The average molecular weight is 444 g/mol. The summed E-state index contributed by atoms with van der Waals surface area (Å²) in [4.78, 5) is 24.4. The maximum Gasteiger partial charge on any atom is 0.310 e. The van der Waals surface area contributed by atoms with Gasteiger partial charge in [-0.1, -0.05) is 57.7 Å². The van der Waals surface area contributed by atoms with Gasteiger partial charge in [0.15, 0.2) is 5.78 Å². The van der Waals surface area contributed by atoms with Gasteiger partial charge in [-0.3, -0.25) is 9.59 Å². The summed E-state index contributed by atoms with van der Waals surface area (Å²) in [7, 11) is 0. The van der Waals surface area contributed by atoms with Crippen molar-refractivity contribution in [3.05, 3.63) is 38.5 Å². The summed E-state index contributed by atoms with van der Waals surface area (Å²) in [6, 6.07) is 5.65. The summed E-state index contributed by atoms with van der Waals surface area (Å²) >= 11 is 6.91. The molecule has 0 saturated carbocycles. The van der Waals surface area contributed by atoms with Crippen LogP contribution in [0.1, 0.15) is 57.4 Å². The second-order valence-electron chi connectivity index (χ2n) is 5.63. The van der Waals surface area contributed by atoms with Crippen molar-refractivity contribution < 1.29 is 14.3 Å². The van der Waals surface area contributed by atoms with Crippen LogP contribution in [0.3, 0.4) is 0 Å². The highest BCUT2D eigenvalue weighted by molar-refractivity contribution is 9.11. The lowest BCUT2D eigenvalue weighted by Crippen LogP contribution is -2.15. The maximum absolute atomic E-state index is 12.4. The molecule has 124 valence electrons. The molecular formula is C18H20Br2O3. The molecule has 0 amide bonds. The molecule has 0 saturated heterocycles. The highest BCUT2D eigenvalue weighted by atomic mass is 79.9. The first-order chi connectivity index (χ1) is 11.0. The number of unbranched alkanes of at least 4 members (excludes halogenated alkanes) is 2. The van der Waals surface area contributed by atoms with Crippen molar-refractivity contribution in [1.82, 2.24) is 0 Å². The summed E-state index contributed by atoms with van der Waals surface area (Å²) in [5.74, 6) is 0.315. The van der Waals surface area contributed by atoms with Gasteiger partial charge < -0.3 is 4.74 Å². The van der Waals surface area contributed by atoms with Crippen molar-refractivity contribution in [2.45, 2.75) is 51.9 Å². The number of hydrogen-bond acceptors (Lipinski definition) is 3. The van der Waals surface area contributed by atoms with E-state index >= 15 is 0 Å². The van der Waals surface area contributed by atoms with E-state index in [2.05, 4.69) is 38.8 Å². The SMILES string of the molecule is CCCCCC(=O)OC1=C(c2ccc(Br)cc2Br)C(=O)CCC1. The molecule has 0 spiro atoms. The van der Waals surface area contributed by atoms with E-state index in [1.165, 1.54) is 0 Å². The number of carbonyl (C=O) groups is 2. The average Bonchev–Trinajstić information content (AvgIpc) is 2.49. The van der Waals surface area contributed by atoms with E-state index in [1.54, 1.807) is 0 Å². The number of carbonyl (C=O) groups excluding carboxylic acids is 2. The maximum atomic E-state index is 12.4. The van der Waals surface area contributed by atoms with Gasteiger partial charge in [0.1, 0.15) is 5.76 Å². The Labute approximate surface area is 153 Å². The van der Waals surface area contributed by atoms with Gasteiger partial charge >= 0.3 is 5.97 Å². The standard InChI is InChI=1S/C18H20Br2O3/c1-2-3-4-8-17(22)23-16-7-5-6-15(21)18(16)13-10-9-12(19)11-14(13)20/h9-11H,2-8H2,1H3. The highest BCUT2D eigenvalue weighted by Crippen LogP contribution is 2.35. The Morgan fingerprint density at radius 3 is 2.70 bits per heavy atom. The normalized spacial score (nSPS) is 15.0. The van der Waals surface area contributed by atoms with E-state index in [0.717, 1.165) is 40.2 Å². The summed E-state index contributed by atoms with van der Waals surface area (Å²) in [6.07, 6.45) is 5.16. The molecule has 1 aliphatic carbocycles. The molecule has 0 radical (unpaired) electrons. The molecule has 5 heteroatoms. The second-order valence-corrected chi connectivity index (χ2v) is 7.40. The number of ketones is 1. The van der Waals surface area contributed by atoms with Gasteiger partial charge in [-0.15, -0.1) is 0 Å². The number of hydrogen-bond donors (Lipinski definition) is 0. The minimum Gasteiger partial charge on any atom is -0.430 e. The molecule has 0 N–H and O–H groups in total. The van der Waals surface area contributed by atoms with Crippen LogP contribution in [0, 0.1) is 0 Å². The van der Waals surface area contributed by atoms with Crippen LogP contribution in [-0.4, -0.2) is 11.8 Å². The molecule has 1 aromatic carbocycles. The van der Waals surface area contributed by atoms with Crippen LogP contribution in [0.2, 0.25) is 0 Å². The van der Waals surface area contributed by atoms with E-state index in [-0.39, 0.29) is 11.8 Å². The largest absolute Gasteiger partial charge is 0.430 e. The van der Waals surface area contributed by atoms with E-state index in [0.29, 0.717) is 30.6 Å². The fraction of sp³-hybridized carbons (Fsp3) is 0.444. The molecule has 2 rings (SSSR count). The van der Waals surface area contributed by atoms with Crippen LogP contribution >= 0.6 is 31.9 Å². The topological polar surface area (TPSA) is 43.4 Å². The molecule has 0 unspecified atom stereocenters. The van der Waals surface area contributed by atoms with Gasteiger partial charge in [-0.2, -0.15) is 0 Å². The predicted molar refractivity (Wildman–Crippen MR) is 97.9 cm³/mol. The highest BCUT2D eigenvalue weighted by Gasteiger charge is 2.26. The number of ether oxygens (including phenoxy) is 1. The zero-order chi connectivity index (χ0) is 16.8. The lowest BCUT2D eigenvalue weighted by Gasteiger charge is -2.20. The molecule has 0 fully saturated rings. The molecule has 23 heavy (non-hydrogen) atoms. The van der Waals surface area contributed by atoms with Gasteiger partial charge in [-0.25, -0.2) is 0 Å². The van der Waals surface area contributed by atoms with Crippen molar-refractivity contribution in [1.29, 1.82) is 0 Å². The summed E-state index contributed by atoms with van der Waals surface area (Å²) < 4.78 is 7.29. The van der Waals surface area contributed by atoms with Crippen molar-refractivity contribution >= 4 is 49.2 Å². The summed E-state index contributed by atoms with van der Waals surface area (Å²) in [5, 5.41) is 0. The first-order valence-electron chi connectivity index (χ1n) is 7.95. The quantitative estimate of drug-likeness (QED) is 0.412.